The van der Waals surface area contributed by atoms with Gasteiger partial charge in [0.25, 0.3) is 8.32 Å². The van der Waals surface area contributed by atoms with E-state index in [1.165, 1.54) is 12.1 Å². The molecule has 1 aromatic rings. The van der Waals surface area contributed by atoms with Crippen LogP contribution >= 0.6 is 0 Å². The Morgan fingerprint density at radius 1 is 1.27 bits per heavy atom. The van der Waals surface area contributed by atoms with E-state index in [4.69, 9.17) is 10.2 Å². The van der Waals surface area contributed by atoms with Crippen molar-refractivity contribution in [3.05, 3.63) is 35.6 Å². The van der Waals surface area contributed by atoms with Crippen LogP contribution in [0.25, 0.3) is 0 Å². The molecule has 6 heteroatoms. The maximum absolute atomic E-state index is 13.3. The minimum atomic E-state index is -2.75. The second-order valence-corrected chi connectivity index (χ2v) is 13.0. The molecule has 1 atom stereocenters. The number of alkyl halides is 1. The van der Waals surface area contributed by atoms with E-state index in [0.717, 1.165) is 31.2 Å². The summed E-state index contributed by atoms with van der Waals surface area (Å²) in [6.45, 7) is 7.48. The fraction of sp³-hybridized carbons (Fsp3) is 0.650. The first kappa shape index (κ1) is 21.0. The smallest absolute Gasteiger partial charge is 0.294 e. The molecular weight excluding hydrogens is 352 g/mol. The van der Waals surface area contributed by atoms with Crippen LogP contribution in [0.2, 0.25) is 11.6 Å². The summed E-state index contributed by atoms with van der Waals surface area (Å²) in [6, 6.07) is 6.41. The van der Waals surface area contributed by atoms with Crippen molar-refractivity contribution in [2.24, 2.45) is 5.73 Å². The number of carbonyl (C=O) groups is 1. The van der Waals surface area contributed by atoms with Crippen LogP contribution in [0.5, 0.6) is 0 Å². The third-order valence-corrected chi connectivity index (χ3v) is 10.8. The molecule has 0 aromatic heterocycles. The fourth-order valence-corrected chi connectivity index (χ4v) is 5.98. The van der Waals surface area contributed by atoms with Crippen molar-refractivity contribution in [2.45, 2.75) is 76.0 Å². The number of rotatable bonds is 6. The van der Waals surface area contributed by atoms with Crippen molar-refractivity contribution < 1.29 is 18.0 Å². The van der Waals surface area contributed by atoms with Gasteiger partial charge in [-0.1, -0.05) is 32.9 Å². The SMILES string of the molecule is CC(C)(C)[Si](C)(OC1CCC(CCF)(c2ccc(F)cc2)CC1)C(N)=O. The average Bonchev–Trinajstić information content (AvgIpc) is 2.56. The van der Waals surface area contributed by atoms with Gasteiger partial charge in [-0.15, -0.1) is 0 Å². The van der Waals surface area contributed by atoms with Crippen LogP contribution in [-0.4, -0.2) is 26.6 Å². The van der Waals surface area contributed by atoms with E-state index in [-0.39, 0.29) is 27.9 Å². The molecule has 1 aromatic carbocycles. The summed E-state index contributed by atoms with van der Waals surface area (Å²) in [4.78, 5) is 12.1. The molecule has 1 aliphatic rings. The fourth-order valence-electron chi connectivity index (χ4n) is 3.87. The van der Waals surface area contributed by atoms with Gasteiger partial charge in [-0.3, -0.25) is 9.18 Å². The first-order valence-electron chi connectivity index (χ1n) is 9.34. The first-order valence-corrected chi connectivity index (χ1v) is 11.7. The third kappa shape index (κ3) is 4.17. The first-order chi connectivity index (χ1) is 12.0. The van der Waals surface area contributed by atoms with Crippen molar-refractivity contribution in [3.8, 4) is 0 Å². The number of amides is 1. The highest BCUT2D eigenvalue weighted by atomic mass is 28.4. The number of halogens is 2. The molecular formula is C20H31F2NO2Si. The summed E-state index contributed by atoms with van der Waals surface area (Å²) in [5.41, 5.74) is 6.07. The van der Waals surface area contributed by atoms with Gasteiger partial charge in [0.15, 0.2) is 0 Å². The van der Waals surface area contributed by atoms with Gasteiger partial charge in [0.1, 0.15) is 5.82 Å². The molecule has 0 heterocycles. The zero-order valence-electron chi connectivity index (χ0n) is 16.3. The third-order valence-electron chi connectivity index (χ3n) is 6.22. The van der Waals surface area contributed by atoms with E-state index in [1.807, 2.05) is 27.3 Å². The lowest BCUT2D eigenvalue weighted by Gasteiger charge is -2.44. The molecule has 146 valence electrons. The average molecular weight is 384 g/mol. The highest BCUT2D eigenvalue weighted by Crippen LogP contribution is 2.45. The highest BCUT2D eigenvalue weighted by molar-refractivity contribution is 7.02. The standard InChI is InChI=1S/C20H31F2NO2Si/c1-19(2,3)26(4,18(23)24)25-17-9-11-20(12-10-17,13-14-21)15-5-7-16(22)8-6-15/h5-8,17H,9-14H2,1-4H3,(H2,23,24). The Labute approximate surface area is 156 Å². The van der Waals surface area contributed by atoms with Crippen molar-refractivity contribution >= 4 is 13.8 Å². The molecule has 0 saturated heterocycles. The van der Waals surface area contributed by atoms with E-state index in [0.29, 0.717) is 6.42 Å². The zero-order chi connectivity index (χ0) is 19.6. The normalized spacial score (nSPS) is 26.3. The molecule has 0 radical (unpaired) electrons. The van der Waals surface area contributed by atoms with Gasteiger partial charge < -0.3 is 10.2 Å². The van der Waals surface area contributed by atoms with Gasteiger partial charge >= 0.3 is 0 Å². The Morgan fingerprint density at radius 3 is 2.23 bits per heavy atom. The van der Waals surface area contributed by atoms with E-state index in [9.17, 15) is 13.6 Å². The molecule has 3 nitrogen and oxygen atoms in total. The van der Waals surface area contributed by atoms with Crippen molar-refractivity contribution in [3.63, 3.8) is 0 Å². The summed E-state index contributed by atoms with van der Waals surface area (Å²) in [7, 11) is -2.75. The van der Waals surface area contributed by atoms with Gasteiger partial charge in [-0.25, -0.2) is 4.39 Å². The van der Waals surface area contributed by atoms with Gasteiger partial charge in [0.2, 0.25) is 5.53 Å². The number of hydrogen-bond acceptors (Lipinski definition) is 2. The van der Waals surface area contributed by atoms with E-state index < -0.39 is 15.0 Å². The second-order valence-electron chi connectivity index (χ2n) is 8.69. The molecule has 0 spiro atoms. The summed E-state index contributed by atoms with van der Waals surface area (Å²) in [6.07, 6.45) is 3.43. The van der Waals surface area contributed by atoms with Gasteiger partial charge in [-0.2, -0.15) is 0 Å². The van der Waals surface area contributed by atoms with E-state index in [2.05, 4.69) is 0 Å². The number of hydrogen-bond donors (Lipinski definition) is 1. The van der Waals surface area contributed by atoms with E-state index >= 15 is 0 Å². The summed E-state index contributed by atoms with van der Waals surface area (Å²) in [5.74, 6) is -0.283. The zero-order valence-corrected chi connectivity index (χ0v) is 17.3. The quantitative estimate of drug-likeness (QED) is 0.667. The predicted molar refractivity (Wildman–Crippen MR) is 103 cm³/mol. The molecule has 26 heavy (non-hydrogen) atoms. The Morgan fingerprint density at radius 2 is 1.81 bits per heavy atom. The predicted octanol–water partition coefficient (Wildman–Crippen LogP) is 5.42. The summed E-state index contributed by atoms with van der Waals surface area (Å²) in [5, 5.41) is -0.288. The molecule has 0 bridgehead atoms. The van der Waals surface area contributed by atoms with Gasteiger partial charge in [0.05, 0.1) is 6.67 Å². The van der Waals surface area contributed by atoms with Gasteiger partial charge in [-0.05, 0) is 66.8 Å². The highest BCUT2D eigenvalue weighted by Gasteiger charge is 2.50. The molecule has 1 aliphatic carbocycles. The number of nitrogens with two attached hydrogens (primary N) is 1. The van der Waals surface area contributed by atoms with Crippen molar-refractivity contribution in [1.29, 1.82) is 0 Å². The molecule has 1 unspecified atom stereocenters. The number of carbonyl (C=O) groups excluding carboxylic acids is 1. The van der Waals surface area contributed by atoms with E-state index in [1.54, 1.807) is 12.1 Å². The maximum Gasteiger partial charge on any atom is 0.294 e. The lowest BCUT2D eigenvalue weighted by Crippen LogP contribution is -2.57. The molecule has 1 saturated carbocycles. The van der Waals surface area contributed by atoms with Crippen LogP contribution in [0.15, 0.2) is 24.3 Å². The lowest BCUT2D eigenvalue weighted by molar-refractivity contribution is 0.0968. The summed E-state index contributed by atoms with van der Waals surface area (Å²) >= 11 is 0. The monoisotopic (exact) mass is 383 g/mol. The van der Waals surface area contributed by atoms with Crippen LogP contribution in [0, 0.1) is 5.82 Å². The van der Waals surface area contributed by atoms with Crippen LogP contribution in [0.1, 0.15) is 58.4 Å². The van der Waals surface area contributed by atoms with Crippen LogP contribution in [-0.2, 0) is 9.84 Å². The maximum atomic E-state index is 13.3. The van der Waals surface area contributed by atoms with Crippen LogP contribution in [0.3, 0.4) is 0 Å². The van der Waals surface area contributed by atoms with Crippen LogP contribution in [0.4, 0.5) is 13.6 Å². The van der Waals surface area contributed by atoms with Gasteiger partial charge in [0, 0.05) is 6.10 Å². The van der Waals surface area contributed by atoms with Crippen molar-refractivity contribution in [1.82, 2.24) is 0 Å². The number of benzene rings is 1. The molecule has 1 fully saturated rings. The minimum Gasteiger partial charge on any atom is -0.404 e. The summed E-state index contributed by atoms with van der Waals surface area (Å²) < 4.78 is 32.9. The Bertz CT molecular complexity index is 622. The molecule has 2 rings (SSSR count). The topological polar surface area (TPSA) is 52.3 Å². The lowest BCUT2D eigenvalue weighted by atomic mass is 9.67. The van der Waals surface area contributed by atoms with Crippen LogP contribution < -0.4 is 5.73 Å². The Balaban J connectivity index is 2.15. The minimum absolute atomic E-state index is 0.0356. The number of primary amides is 1. The largest absolute Gasteiger partial charge is 0.404 e. The second kappa shape index (κ2) is 7.77. The van der Waals surface area contributed by atoms with Crippen molar-refractivity contribution in [2.75, 3.05) is 6.67 Å². The Kier molecular flexibility index (Phi) is 6.28. The molecule has 0 aliphatic heterocycles. The molecule has 1 amide bonds. The Hall–Kier alpha value is -1.27. The molecule has 2 N–H and O–H groups in total.